The van der Waals surface area contributed by atoms with Gasteiger partial charge in [0.2, 0.25) is 0 Å². The Morgan fingerprint density at radius 3 is 2.87 bits per heavy atom. The Morgan fingerprint density at radius 1 is 1.27 bits per heavy atom. The molecule has 0 N–H and O–H groups in total. The lowest BCUT2D eigenvalue weighted by molar-refractivity contribution is 0.0588. The molecule has 0 saturated heterocycles. The standard InChI is InChI=1S/C22H21BrN4O3/c1-13-9-25(12-24-13)18-3-4-19-22(29)26(14(2)10-27(19)21(18)28)11-16-8-17(23)7-15-5-6-30-20(15)16/h3-4,7-9,12,14H,5-6,10-11H2,1-2H3/t14-/m1/s1. The monoisotopic (exact) mass is 468 g/mol. The van der Waals surface area contributed by atoms with Gasteiger partial charge in [0.25, 0.3) is 11.5 Å². The third-order valence-corrected chi connectivity index (χ3v) is 6.23. The summed E-state index contributed by atoms with van der Waals surface area (Å²) in [4.78, 5) is 32.4. The van der Waals surface area contributed by atoms with E-state index in [4.69, 9.17) is 4.74 Å². The number of hydrogen-bond donors (Lipinski definition) is 0. The first-order chi connectivity index (χ1) is 14.4. The Kier molecular flexibility index (Phi) is 4.54. The van der Waals surface area contributed by atoms with Crippen molar-refractivity contribution in [1.82, 2.24) is 19.0 Å². The number of aromatic nitrogens is 3. The summed E-state index contributed by atoms with van der Waals surface area (Å²) in [7, 11) is 0. The third kappa shape index (κ3) is 3.06. The SMILES string of the molecule is Cc1cn(-c2ccc3n(c2=O)C[C@@H](C)N(Cc2cc(Br)cc4c2OCC4)C3=O)cn1. The van der Waals surface area contributed by atoms with Crippen molar-refractivity contribution in [3.63, 3.8) is 0 Å². The maximum absolute atomic E-state index is 13.3. The zero-order valence-corrected chi connectivity index (χ0v) is 18.3. The summed E-state index contributed by atoms with van der Waals surface area (Å²) in [6.45, 7) is 5.40. The van der Waals surface area contributed by atoms with Crippen molar-refractivity contribution in [2.24, 2.45) is 0 Å². The second-order valence-electron chi connectivity index (χ2n) is 7.88. The fourth-order valence-electron chi connectivity index (χ4n) is 4.27. The van der Waals surface area contributed by atoms with Crippen LogP contribution in [0.3, 0.4) is 0 Å². The van der Waals surface area contributed by atoms with Crippen molar-refractivity contribution in [2.45, 2.75) is 39.4 Å². The first kappa shape index (κ1) is 19.1. The number of rotatable bonds is 3. The zero-order chi connectivity index (χ0) is 21.0. The highest BCUT2D eigenvalue weighted by atomic mass is 79.9. The molecule has 3 aromatic rings. The highest BCUT2D eigenvalue weighted by Gasteiger charge is 2.32. The van der Waals surface area contributed by atoms with Gasteiger partial charge >= 0.3 is 0 Å². The van der Waals surface area contributed by atoms with Gasteiger partial charge in [-0.25, -0.2) is 4.98 Å². The molecule has 30 heavy (non-hydrogen) atoms. The smallest absolute Gasteiger partial charge is 0.275 e. The van der Waals surface area contributed by atoms with E-state index in [1.807, 2.05) is 24.8 Å². The molecule has 0 saturated carbocycles. The molecule has 1 amide bonds. The molecule has 5 rings (SSSR count). The topological polar surface area (TPSA) is 69.4 Å². The van der Waals surface area contributed by atoms with Gasteiger partial charge in [0.1, 0.15) is 17.1 Å². The minimum Gasteiger partial charge on any atom is -0.493 e. The van der Waals surface area contributed by atoms with Crippen LogP contribution in [0, 0.1) is 6.92 Å². The number of fused-ring (bicyclic) bond motifs is 2. The highest BCUT2D eigenvalue weighted by Crippen LogP contribution is 2.34. The zero-order valence-electron chi connectivity index (χ0n) is 16.8. The molecule has 0 spiro atoms. The second-order valence-corrected chi connectivity index (χ2v) is 8.79. The number of aryl methyl sites for hydroxylation is 1. The summed E-state index contributed by atoms with van der Waals surface area (Å²) in [5.41, 5.74) is 3.69. The number of pyridine rings is 1. The predicted molar refractivity (Wildman–Crippen MR) is 115 cm³/mol. The molecule has 4 heterocycles. The molecule has 2 aromatic heterocycles. The fourth-order valence-corrected chi connectivity index (χ4v) is 4.82. The van der Waals surface area contributed by atoms with Gasteiger partial charge in [-0.1, -0.05) is 15.9 Å². The van der Waals surface area contributed by atoms with Gasteiger partial charge in [0, 0.05) is 35.2 Å². The van der Waals surface area contributed by atoms with Crippen LogP contribution in [0.5, 0.6) is 5.75 Å². The van der Waals surface area contributed by atoms with Crippen molar-refractivity contribution < 1.29 is 9.53 Å². The van der Waals surface area contributed by atoms with E-state index in [0.717, 1.165) is 33.5 Å². The molecule has 2 aliphatic heterocycles. The number of imidazole rings is 1. The summed E-state index contributed by atoms with van der Waals surface area (Å²) in [5, 5.41) is 0. The highest BCUT2D eigenvalue weighted by molar-refractivity contribution is 9.10. The Bertz CT molecular complexity index is 1230. The molecule has 8 heteroatoms. The number of hydrogen-bond acceptors (Lipinski definition) is 4. The molecule has 2 aliphatic rings. The van der Waals surface area contributed by atoms with Gasteiger partial charge in [-0.15, -0.1) is 0 Å². The summed E-state index contributed by atoms with van der Waals surface area (Å²) in [6, 6.07) is 7.38. The van der Waals surface area contributed by atoms with E-state index in [1.54, 1.807) is 33.8 Å². The van der Waals surface area contributed by atoms with E-state index < -0.39 is 0 Å². The Morgan fingerprint density at radius 2 is 2.10 bits per heavy atom. The second kappa shape index (κ2) is 7.12. The van der Waals surface area contributed by atoms with Gasteiger partial charge in [-0.3, -0.25) is 9.59 Å². The molecule has 7 nitrogen and oxygen atoms in total. The van der Waals surface area contributed by atoms with Crippen molar-refractivity contribution in [2.75, 3.05) is 6.61 Å². The van der Waals surface area contributed by atoms with Crippen LogP contribution in [0.4, 0.5) is 0 Å². The molecule has 0 radical (unpaired) electrons. The predicted octanol–water partition coefficient (Wildman–Crippen LogP) is 3.08. The van der Waals surface area contributed by atoms with Gasteiger partial charge < -0.3 is 18.8 Å². The van der Waals surface area contributed by atoms with E-state index in [9.17, 15) is 9.59 Å². The number of ether oxygens (including phenoxy) is 1. The molecular weight excluding hydrogens is 448 g/mol. The first-order valence-corrected chi connectivity index (χ1v) is 10.7. The molecule has 0 bridgehead atoms. The molecule has 0 aliphatic carbocycles. The van der Waals surface area contributed by atoms with E-state index in [2.05, 4.69) is 27.0 Å². The maximum atomic E-state index is 13.3. The van der Waals surface area contributed by atoms with Crippen LogP contribution in [-0.2, 0) is 19.5 Å². The minimum atomic E-state index is -0.184. The Balaban J connectivity index is 1.51. The van der Waals surface area contributed by atoms with Crippen LogP contribution >= 0.6 is 15.9 Å². The van der Waals surface area contributed by atoms with Crippen molar-refractivity contribution in [3.05, 3.63) is 74.1 Å². The molecule has 0 unspecified atom stereocenters. The quantitative estimate of drug-likeness (QED) is 0.592. The number of carbonyl (C=O) groups is 1. The van der Waals surface area contributed by atoms with Crippen molar-refractivity contribution >= 4 is 21.8 Å². The lowest BCUT2D eigenvalue weighted by atomic mass is 10.1. The fraction of sp³-hybridized carbons (Fsp3) is 0.318. The minimum absolute atomic E-state index is 0.126. The number of amides is 1. The Hall–Kier alpha value is -2.87. The molecule has 0 fully saturated rings. The average Bonchev–Trinajstić information content (AvgIpc) is 3.34. The number of halogens is 1. The van der Waals surface area contributed by atoms with Gasteiger partial charge in [0.05, 0.1) is 25.2 Å². The summed E-state index contributed by atoms with van der Waals surface area (Å²) < 4.78 is 10.1. The van der Waals surface area contributed by atoms with Crippen LogP contribution in [0.1, 0.15) is 34.2 Å². The molecular formula is C22H21BrN4O3. The average molecular weight is 469 g/mol. The Labute approximate surface area is 182 Å². The van der Waals surface area contributed by atoms with Gasteiger partial charge in [-0.2, -0.15) is 0 Å². The summed E-state index contributed by atoms with van der Waals surface area (Å²) >= 11 is 3.57. The van der Waals surface area contributed by atoms with Gasteiger partial charge in [0.15, 0.2) is 0 Å². The molecule has 1 atom stereocenters. The van der Waals surface area contributed by atoms with Crippen LogP contribution in [0.2, 0.25) is 0 Å². The van der Waals surface area contributed by atoms with Crippen LogP contribution in [0.25, 0.3) is 5.69 Å². The number of benzene rings is 1. The third-order valence-electron chi connectivity index (χ3n) is 5.77. The summed E-state index contributed by atoms with van der Waals surface area (Å²) in [5.74, 6) is 0.734. The molecule has 154 valence electrons. The number of carbonyl (C=O) groups excluding carboxylic acids is 1. The molecule has 1 aromatic carbocycles. The lowest BCUT2D eigenvalue weighted by Crippen LogP contribution is -2.49. The van der Waals surface area contributed by atoms with Crippen LogP contribution in [-0.4, -0.2) is 37.6 Å². The summed E-state index contributed by atoms with van der Waals surface area (Å²) in [6.07, 6.45) is 4.30. The van der Waals surface area contributed by atoms with Gasteiger partial charge in [-0.05, 0) is 43.7 Å². The van der Waals surface area contributed by atoms with E-state index in [1.165, 1.54) is 0 Å². The lowest BCUT2D eigenvalue weighted by Gasteiger charge is -2.35. The van der Waals surface area contributed by atoms with Crippen LogP contribution in [0.15, 0.2) is 46.1 Å². The van der Waals surface area contributed by atoms with Crippen molar-refractivity contribution in [1.29, 1.82) is 0 Å². The maximum Gasteiger partial charge on any atom is 0.275 e. The van der Waals surface area contributed by atoms with E-state index in [0.29, 0.717) is 31.1 Å². The first-order valence-electron chi connectivity index (χ1n) is 9.92. The van der Waals surface area contributed by atoms with E-state index in [-0.39, 0.29) is 17.5 Å². The largest absolute Gasteiger partial charge is 0.493 e. The normalized spacial score (nSPS) is 17.6. The van der Waals surface area contributed by atoms with Crippen molar-refractivity contribution in [3.8, 4) is 11.4 Å². The van der Waals surface area contributed by atoms with Crippen LogP contribution < -0.4 is 10.3 Å². The number of nitrogens with zero attached hydrogens (tertiary/aromatic N) is 4. The van der Waals surface area contributed by atoms with E-state index >= 15 is 0 Å².